The molecule has 7 heteroatoms. The Hall–Kier alpha value is -0.660. The monoisotopic (exact) mass is 250 g/mol. The lowest BCUT2D eigenvalue weighted by Gasteiger charge is -2.11. The van der Waals surface area contributed by atoms with Gasteiger partial charge >= 0.3 is 5.97 Å². The maximum atomic E-state index is 11.6. The molecule has 0 spiro atoms. The van der Waals surface area contributed by atoms with Crippen molar-refractivity contribution in [2.24, 2.45) is 0 Å². The van der Waals surface area contributed by atoms with Crippen LogP contribution in [0.4, 0.5) is 0 Å². The van der Waals surface area contributed by atoms with E-state index in [2.05, 4.69) is 14.8 Å². The smallest absolute Gasteiger partial charge is 0.305 e. The van der Waals surface area contributed by atoms with Gasteiger partial charge in [0.2, 0.25) is 10.0 Å². The van der Waals surface area contributed by atoms with Crippen molar-refractivity contribution in [2.75, 3.05) is 26.0 Å². The highest BCUT2D eigenvalue weighted by Crippen LogP contribution is 2.02. The number of rotatable bonds is 6. The van der Waals surface area contributed by atoms with E-state index in [0.717, 1.165) is 13.0 Å². The van der Waals surface area contributed by atoms with Gasteiger partial charge < -0.3 is 10.1 Å². The highest BCUT2D eigenvalue weighted by Gasteiger charge is 2.20. The van der Waals surface area contributed by atoms with Crippen LogP contribution in [0.1, 0.15) is 19.3 Å². The Morgan fingerprint density at radius 1 is 1.56 bits per heavy atom. The zero-order valence-corrected chi connectivity index (χ0v) is 10.2. The summed E-state index contributed by atoms with van der Waals surface area (Å²) >= 11 is 0. The first-order valence-corrected chi connectivity index (χ1v) is 6.96. The largest absolute Gasteiger partial charge is 0.469 e. The molecule has 1 fully saturated rings. The van der Waals surface area contributed by atoms with Crippen LogP contribution in [-0.4, -0.2) is 46.4 Å². The standard InChI is InChI=1S/C9H18N2O4S/c1-15-9(12)3-2-6-16(13,14)11-8-4-5-10-7-8/h8,10-11H,2-7H2,1H3/t8-/m1/s1. The molecule has 16 heavy (non-hydrogen) atoms. The minimum absolute atomic E-state index is 0.0110. The maximum absolute atomic E-state index is 11.6. The van der Waals surface area contributed by atoms with Gasteiger partial charge in [-0.1, -0.05) is 0 Å². The molecule has 2 N–H and O–H groups in total. The van der Waals surface area contributed by atoms with E-state index in [9.17, 15) is 13.2 Å². The molecule has 0 radical (unpaired) electrons. The van der Waals surface area contributed by atoms with E-state index in [1.165, 1.54) is 7.11 Å². The van der Waals surface area contributed by atoms with Crippen molar-refractivity contribution >= 4 is 16.0 Å². The molecule has 0 bridgehead atoms. The Kier molecular flexibility index (Phi) is 5.17. The maximum Gasteiger partial charge on any atom is 0.305 e. The zero-order chi connectivity index (χ0) is 12.0. The molecule has 1 saturated heterocycles. The van der Waals surface area contributed by atoms with Gasteiger partial charge in [0.05, 0.1) is 12.9 Å². The predicted molar refractivity (Wildman–Crippen MR) is 59.4 cm³/mol. The lowest BCUT2D eigenvalue weighted by atomic mass is 10.3. The fourth-order valence-corrected chi connectivity index (χ4v) is 2.93. The lowest BCUT2D eigenvalue weighted by molar-refractivity contribution is -0.140. The Morgan fingerprint density at radius 3 is 2.88 bits per heavy atom. The summed E-state index contributed by atoms with van der Waals surface area (Å²) in [6.45, 7) is 1.52. The van der Waals surface area contributed by atoms with Crippen molar-refractivity contribution in [3.8, 4) is 0 Å². The number of ether oxygens (including phenoxy) is 1. The minimum Gasteiger partial charge on any atom is -0.469 e. The molecule has 6 nitrogen and oxygen atoms in total. The van der Waals surface area contributed by atoms with Gasteiger partial charge in [0, 0.05) is 19.0 Å². The highest BCUT2D eigenvalue weighted by atomic mass is 32.2. The van der Waals surface area contributed by atoms with E-state index in [0.29, 0.717) is 13.0 Å². The molecule has 1 aliphatic heterocycles. The number of hydrogen-bond acceptors (Lipinski definition) is 5. The third kappa shape index (κ3) is 4.91. The van der Waals surface area contributed by atoms with Crippen LogP contribution in [0.25, 0.3) is 0 Å². The summed E-state index contributed by atoms with van der Waals surface area (Å²) < 4.78 is 30.2. The average molecular weight is 250 g/mol. The molecular weight excluding hydrogens is 232 g/mol. The fourth-order valence-electron chi connectivity index (χ4n) is 1.58. The fraction of sp³-hybridized carbons (Fsp3) is 0.889. The van der Waals surface area contributed by atoms with Crippen LogP contribution >= 0.6 is 0 Å². The van der Waals surface area contributed by atoms with Gasteiger partial charge in [-0.15, -0.1) is 0 Å². The second-order valence-corrected chi connectivity index (χ2v) is 5.68. The molecule has 1 rings (SSSR count). The molecule has 0 aromatic carbocycles. The van der Waals surface area contributed by atoms with Crippen LogP contribution in [0.3, 0.4) is 0 Å². The van der Waals surface area contributed by atoms with Crippen LogP contribution < -0.4 is 10.0 Å². The molecule has 1 aliphatic rings. The molecule has 0 unspecified atom stereocenters. The van der Waals surface area contributed by atoms with Crippen LogP contribution in [-0.2, 0) is 19.6 Å². The SMILES string of the molecule is COC(=O)CCCS(=O)(=O)N[C@@H]1CCNC1. The van der Waals surface area contributed by atoms with Crippen molar-refractivity contribution in [1.29, 1.82) is 0 Å². The van der Waals surface area contributed by atoms with Gasteiger partial charge in [0.25, 0.3) is 0 Å². The lowest BCUT2D eigenvalue weighted by Crippen LogP contribution is -2.37. The summed E-state index contributed by atoms with van der Waals surface area (Å²) in [7, 11) is -1.98. The summed E-state index contributed by atoms with van der Waals surface area (Å²) in [5, 5.41) is 3.08. The summed E-state index contributed by atoms with van der Waals surface area (Å²) in [6, 6.07) is -0.0110. The number of carbonyl (C=O) groups excluding carboxylic acids is 1. The zero-order valence-electron chi connectivity index (χ0n) is 9.36. The van der Waals surface area contributed by atoms with Crippen molar-refractivity contribution in [3.05, 3.63) is 0 Å². The molecule has 0 aromatic heterocycles. The third-order valence-corrected chi connectivity index (χ3v) is 3.95. The minimum atomic E-state index is -3.27. The Balaban J connectivity index is 2.25. The van der Waals surface area contributed by atoms with E-state index < -0.39 is 10.0 Å². The van der Waals surface area contributed by atoms with Gasteiger partial charge in [-0.25, -0.2) is 13.1 Å². The van der Waals surface area contributed by atoms with Crippen molar-refractivity contribution in [3.63, 3.8) is 0 Å². The first-order chi connectivity index (χ1) is 7.53. The van der Waals surface area contributed by atoms with E-state index >= 15 is 0 Å². The molecule has 0 amide bonds. The number of esters is 1. The summed E-state index contributed by atoms with van der Waals surface area (Å²) in [5.74, 6) is -0.406. The molecule has 0 aromatic rings. The van der Waals surface area contributed by atoms with Crippen molar-refractivity contribution in [2.45, 2.75) is 25.3 Å². The molecule has 0 saturated carbocycles. The summed E-state index contributed by atoms with van der Waals surface area (Å²) in [6.07, 6.45) is 1.25. The number of hydrogen-bond donors (Lipinski definition) is 2. The topological polar surface area (TPSA) is 84.5 Å². The first-order valence-electron chi connectivity index (χ1n) is 5.31. The highest BCUT2D eigenvalue weighted by molar-refractivity contribution is 7.89. The van der Waals surface area contributed by atoms with Crippen molar-refractivity contribution < 1.29 is 17.9 Å². The summed E-state index contributed by atoms with van der Waals surface area (Å²) in [4.78, 5) is 10.8. The van der Waals surface area contributed by atoms with E-state index in [1.54, 1.807) is 0 Å². The van der Waals surface area contributed by atoms with Gasteiger partial charge in [0.1, 0.15) is 0 Å². The normalized spacial score (nSPS) is 20.9. The molecule has 1 heterocycles. The first kappa shape index (κ1) is 13.4. The number of sulfonamides is 1. The molecular formula is C9H18N2O4S. The Bertz CT molecular complexity index is 322. The third-order valence-electron chi connectivity index (χ3n) is 2.43. The van der Waals surface area contributed by atoms with Gasteiger partial charge in [0.15, 0.2) is 0 Å². The van der Waals surface area contributed by atoms with E-state index in [4.69, 9.17) is 0 Å². The predicted octanol–water partition coefficient (Wildman–Crippen LogP) is -0.779. The Labute approximate surface area is 95.8 Å². The van der Waals surface area contributed by atoms with Crippen molar-refractivity contribution in [1.82, 2.24) is 10.0 Å². The van der Waals surface area contributed by atoms with Crippen LogP contribution in [0, 0.1) is 0 Å². The molecule has 1 atom stereocenters. The van der Waals surface area contributed by atoms with Gasteiger partial charge in [-0.2, -0.15) is 0 Å². The molecule has 94 valence electrons. The second-order valence-electron chi connectivity index (χ2n) is 3.81. The van der Waals surface area contributed by atoms with Crippen LogP contribution in [0.15, 0.2) is 0 Å². The van der Waals surface area contributed by atoms with Gasteiger partial charge in [-0.05, 0) is 19.4 Å². The number of nitrogens with one attached hydrogen (secondary N) is 2. The molecule has 0 aliphatic carbocycles. The Morgan fingerprint density at radius 2 is 2.31 bits per heavy atom. The van der Waals surface area contributed by atoms with Crippen LogP contribution in [0.5, 0.6) is 0 Å². The van der Waals surface area contributed by atoms with E-state index in [1.807, 2.05) is 0 Å². The van der Waals surface area contributed by atoms with Crippen LogP contribution in [0.2, 0.25) is 0 Å². The number of methoxy groups -OCH3 is 1. The number of carbonyl (C=O) groups is 1. The quantitative estimate of drug-likeness (QED) is 0.604. The van der Waals surface area contributed by atoms with Gasteiger partial charge in [-0.3, -0.25) is 4.79 Å². The van der Waals surface area contributed by atoms with E-state index in [-0.39, 0.29) is 24.2 Å². The summed E-state index contributed by atoms with van der Waals surface area (Å²) in [5.41, 5.74) is 0. The average Bonchev–Trinajstić information content (AvgIpc) is 2.69. The second kappa shape index (κ2) is 6.17.